The van der Waals surface area contributed by atoms with Crippen molar-refractivity contribution >= 4 is 10.9 Å². The van der Waals surface area contributed by atoms with Gasteiger partial charge >= 0.3 is 0 Å². The number of aromatic amines is 1. The molecule has 0 radical (unpaired) electrons. The summed E-state index contributed by atoms with van der Waals surface area (Å²) in [6.07, 6.45) is 0. The minimum absolute atomic E-state index is 0.459. The van der Waals surface area contributed by atoms with Crippen LogP contribution in [0, 0.1) is 11.3 Å². The maximum absolute atomic E-state index is 8.59. The van der Waals surface area contributed by atoms with E-state index in [-0.39, 0.29) is 0 Å². The topological polar surface area (TPSA) is 52.5 Å². The van der Waals surface area contributed by atoms with Crippen molar-refractivity contribution in [1.82, 2.24) is 10.2 Å². The van der Waals surface area contributed by atoms with Gasteiger partial charge in [-0.25, -0.2) is 0 Å². The second-order valence-electron chi connectivity index (χ2n) is 2.23. The summed E-state index contributed by atoms with van der Waals surface area (Å²) >= 11 is 0. The van der Waals surface area contributed by atoms with Gasteiger partial charge < -0.3 is 0 Å². The second kappa shape index (κ2) is 2.10. The van der Waals surface area contributed by atoms with Crippen LogP contribution in [0.4, 0.5) is 0 Å². The lowest BCUT2D eigenvalue weighted by Crippen LogP contribution is -1.71. The van der Waals surface area contributed by atoms with Crippen LogP contribution in [0.25, 0.3) is 10.9 Å². The summed E-state index contributed by atoms with van der Waals surface area (Å²) in [5, 5.41) is 16.1. The van der Waals surface area contributed by atoms with Crippen molar-refractivity contribution in [1.29, 1.82) is 5.26 Å². The Balaban J connectivity index is 2.89. The van der Waals surface area contributed by atoms with E-state index >= 15 is 0 Å². The molecule has 2 rings (SSSR count). The summed E-state index contributed by atoms with van der Waals surface area (Å²) in [6.45, 7) is 0. The van der Waals surface area contributed by atoms with Crippen LogP contribution in [0.2, 0.25) is 0 Å². The highest BCUT2D eigenvalue weighted by Crippen LogP contribution is 2.13. The third-order valence-electron chi connectivity index (χ3n) is 1.58. The molecule has 0 atom stereocenters. The molecule has 0 spiro atoms. The number of aromatic nitrogens is 2. The first-order valence-electron chi connectivity index (χ1n) is 3.25. The van der Waals surface area contributed by atoms with Gasteiger partial charge in [0, 0.05) is 5.39 Å². The lowest BCUT2D eigenvalue weighted by atomic mass is 10.2. The van der Waals surface area contributed by atoms with Crippen molar-refractivity contribution in [2.24, 2.45) is 0 Å². The molecule has 0 saturated carbocycles. The molecule has 0 aliphatic rings. The number of para-hydroxylation sites is 1. The molecular weight excluding hydrogens is 140 g/mol. The zero-order chi connectivity index (χ0) is 7.68. The Kier molecular flexibility index (Phi) is 1.13. The average Bonchev–Trinajstić information content (AvgIpc) is 2.47. The van der Waals surface area contributed by atoms with E-state index in [2.05, 4.69) is 10.2 Å². The molecule has 11 heavy (non-hydrogen) atoms. The number of nitriles is 1. The largest absolute Gasteiger partial charge is 0.276 e. The zero-order valence-corrected chi connectivity index (χ0v) is 5.70. The van der Waals surface area contributed by atoms with Crippen molar-refractivity contribution in [3.05, 3.63) is 30.0 Å². The van der Waals surface area contributed by atoms with Crippen LogP contribution in [-0.4, -0.2) is 10.2 Å². The Morgan fingerprint density at radius 1 is 1.36 bits per heavy atom. The van der Waals surface area contributed by atoms with Crippen LogP contribution in [0.3, 0.4) is 0 Å². The maximum atomic E-state index is 8.59. The lowest BCUT2D eigenvalue weighted by Gasteiger charge is -1.83. The van der Waals surface area contributed by atoms with E-state index in [1.54, 1.807) is 0 Å². The average molecular weight is 145 g/mol. The van der Waals surface area contributed by atoms with Gasteiger partial charge in [0.2, 0.25) is 0 Å². The Bertz CT molecular complexity index is 422. The fraction of sp³-hybridized carbons (Fsp3) is 0. The Morgan fingerprint density at radius 2 is 2.18 bits per heavy atom. The molecule has 0 saturated heterocycles. The Labute approximate surface area is 63.3 Å². The molecule has 0 bridgehead atoms. The van der Waals surface area contributed by atoms with Gasteiger partial charge in [-0.15, -0.1) is 0 Å². The number of nitrogens with one attached hydrogen (secondary N) is 1. The van der Waals surface area contributed by atoms with Crippen LogP contribution in [0.1, 0.15) is 5.69 Å². The zero-order valence-electron chi connectivity index (χ0n) is 5.70. The Morgan fingerprint density at radius 3 is 3.00 bits per heavy atom. The molecule has 1 aromatic carbocycles. The molecule has 1 N–H and O–H groups in total. The third-order valence-corrected chi connectivity index (χ3v) is 1.58. The van der Waals surface area contributed by atoms with Crippen LogP contribution in [0.15, 0.2) is 24.3 Å². The molecule has 0 amide bonds. The molecule has 0 aliphatic carbocycles. The molecule has 0 aliphatic heterocycles. The third kappa shape index (κ3) is 0.767. The van der Waals surface area contributed by atoms with Crippen LogP contribution in [-0.2, 0) is 0 Å². The van der Waals surface area contributed by atoms with Crippen molar-refractivity contribution in [3.8, 4) is 6.07 Å². The van der Waals surface area contributed by atoms with Crippen LogP contribution < -0.4 is 0 Å². The van der Waals surface area contributed by atoms with Crippen LogP contribution in [0.5, 0.6) is 0 Å². The quantitative estimate of drug-likeness (QED) is 0.609. The fourth-order valence-electron chi connectivity index (χ4n) is 1.05. The number of hydrogen-bond donors (Lipinski definition) is 1. The summed E-state index contributed by atoms with van der Waals surface area (Å²) in [4.78, 5) is 0. The molecule has 1 heterocycles. The number of nitrogens with zero attached hydrogens (tertiary/aromatic N) is 2. The summed E-state index contributed by atoms with van der Waals surface area (Å²) in [6, 6.07) is 9.56. The van der Waals surface area contributed by atoms with Crippen molar-refractivity contribution in [3.63, 3.8) is 0 Å². The van der Waals surface area contributed by atoms with Gasteiger partial charge in [-0.3, -0.25) is 5.10 Å². The summed E-state index contributed by atoms with van der Waals surface area (Å²) in [7, 11) is 0. The van der Waals surface area contributed by atoms with Gasteiger partial charge in [0.25, 0.3) is 0 Å². The number of benzene rings is 1. The minimum Gasteiger partial charge on any atom is -0.276 e. The molecule has 52 valence electrons. The minimum atomic E-state index is 0.459. The van der Waals surface area contributed by atoms with Gasteiger partial charge in [0.15, 0.2) is 5.69 Å². The van der Waals surface area contributed by atoms with E-state index in [4.69, 9.17) is 5.26 Å². The van der Waals surface area contributed by atoms with Gasteiger partial charge in [0.1, 0.15) is 6.07 Å². The summed E-state index contributed by atoms with van der Waals surface area (Å²) < 4.78 is 0. The smallest absolute Gasteiger partial charge is 0.170 e. The standard InChI is InChI=1S/C8H5N3/c9-5-8-6-3-1-2-4-7(6)10-11-8/h1-4H,(H,10,11)/i5+2. The highest BCUT2D eigenvalue weighted by molar-refractivity contribution is 5.83. The molecule has 3 heteroatoms. The molecule has 3 nitrogen and oxygen atoms in total. The number of H-pyrrole nitrogens is 1. The molecule has 0 fully saturated rings. The second-order valence-corrected chi connectivity index (χ2v) is 2.23. The molecular formula is C8H5N3. The molecule has 0 unspecified atom stereocenters. The predicted molar refractivity (Wildman–Crippen MR) is 40.8 cm³/mol. The van der Waals surface area contributed by atoms with E-state index in [9.17, 15) is 0 Å². The van der Waals surface area contributed by atoms with E-state index in [0.717, 1.165) is 10.9 Å². The van der Waals surface area contributed by atoms with E-state index in [0.29, 0.717) is 5.69 Å². The van der Waals surface area contributed by atoms with Gasteiger partial charge in [-0.05, 0) is 12.1 Å². The fourth-order valence-corrected chi connectivity index (χ4v) is 1.05. The van der Waals surface area contributed by atoms with Crippen molar-refractivity contribution in [2.45, 2.75) is 0 Å². The van der Waals surface area contributed by atoms with Crippen LogP contribution >= 0.6 is 0 Å². The van der Waals surface area contributed by atoms with E-state index in [1.807, 2.05) is 30.3 Å². The summed E-state index contributed by atoms with van der Waals surface area (Å²) in [5.41, 5.74) is 1.37. The molecule has 1 aromatic heterocycles. The van der Waals surface area contributed by atoms with Crippen molar-refractivity contribution in [2.75, 3.05) is 0 Å². The first-order chi connectivity index (χ1) is 5.42. The number of fused-ring (bicyclic) bond motifs is 1. The highest BCUT2D eigenvalue weighted by atomic mass is 15.2. The van der Waals surface area contributed by atoms with E-state index < -0.39 is 0 Å². The first-order valence-corrected chi connectivity index (χ1v) is 3.25. The SMILES string of the molecule is N#[14C]c1n[nH]c2ccccc12. The monoisotopic (exact) mass is 145 g/mol. The first kappa shape index (κ1) is 5.93. The lowest BCUT2D eigenvalue weighted by molar-refractivity contribution is 1.10. The normalized spacial score (nSPS) is 9.73. The van der Waals surface area contributed by atoms with Gasteiger partial charge in [0.05, 0.1) is 5.52 Å². The number of hydrogen-bond acceptors (Lipinski definition) is 2. The van der Waals surface area contributed by atoms with E-state index in [1.165, 1.54) is 0 Å². The van der Waals surface area contributed by atoms with Crippen molar-refractivity contribution < 1.29 is 0 Å². The highest BCUT2D eigenvalue weighted by Gasteiger charge is 2.00. The molecule has 2 aromatic rings. The maximum Gasteiger partial charge on any atom is 0.170 e. The predicted octanol–water partition coefficient (Wildman–Crippen LogP) is 1.43. The Hall–Kier alpha value is -1.82. The van der Waals surface area contributed by atoms with Gasteiger partial charge in [-0.1, -0.05) is 12.1 Å². The number of rotatable bonds is 0. The summed E-state index contributed by atoms with van der Waals surface area (Å²) in [5.74, 6) is 0. The van der Waals surface area contributed by atoms with Gasteiger partial charge in [-0.2, -0.15) is 10.4 Å².